The van der Waals surface area contributed by atoms with Gasteiger partial charge in [0, 0.05) is 29.8 Å². The van der Waals surface area contributed by atoms with Crippen molar-refractivity contribution in [3.8, 4) is 0 Å². The van der Waals surface area contributed by atoms with Gasteiger partial charge < -0.3 is 4.90 Å². The third-order valence-electron chi connectivity index (χ3n) is 5.14. The Kier molecular flexibility index (Phi) is 4.14. The number of piperidine rings is 1. The van der Waals surface area contributed by atoms with Crippen LogP contribution in [0.1, 0.15) is 54.4 Å². The zero-order valence-corrected chi connectivity index (χ0v) is 13.0. The SMILES string of the molecule is Cc1cc(C(=O)N2CCCC3CCCCC32)ccc1[N+](=O)[O-]. The van der Waals surface area contributed by atoms with Gasteiger partial charge in [-0.2, -0.15) is 0 Å². The average Bonchev–Trinajstić information content (AvgIpc) is 2.53. The van der Waals surface area contributed by atoms with Crippen LogP contribution in [0.15, 0.2) is 18.2 Å². The summed E-state index contributed by atoms with van der Waals surface area (Å²) < 4.78 is 0. The molecular formula is C17H22N2O3. The van der Waals surface area contributed by atoms with Gasteiger partial charge in [0.05, 0.1) is 4.92 Å². The van der Waals surface area contributed by atoms with Gasteiger partial charge in [-0.25, -0.2) is 0 Å². The van der Waals surface area contributed by atoms with Crippen LogP contribution in [-0.2, 0) is 0 Å². The third kappa shape index (κ3) is 2.72. The molecule has 1 saturated carbocycles. The number of nitro benzene ring substituents is 1. The van der Waals surface area contributed by atoms with E-state index in [2.05, 4.69) is 0 Å². The number of nitro groups is 1. The van der Waals surface area contributed by atoms with Crippen LogP contribution in [0.3, 0.4) is 0 Å². The fourth-order valence-electron chi connectivity index (χ4n) is 4.04. The molecule has 2 unspecified atom stereocenters. The number of hydrogen-bond donors (Lipinski definition) is 0. The summed E-state index contributed by atoms with van der Waals surface area (Å²) in [7, 11) is 0. The van der Waals surface area contributed by atoms with E-state index < -0.39 is 4.92 Å². The topological polar surface area (TPSA) is 63.5 Å². The van der Waals surface area contributed by atoms with Crippen molar-refractivity contribution in [1.29, 1.82) is 0 Å². The van der Waals surface area contributed by atoms with Gasteiger partial charge in [0.1, 0.15) is 0 Å². The van der Waals surface area contributed by atoms with Crippen molar-refractivity contribution in [2.24, 2.45) is 5.92 Å². The number of rotatable bonds is 2. The molecule has 1 saturated heterocycles. The molecule has 1 amide bonds. The summed E-state index contributed by atoms with van der Waals surface area (Å²) in [6.07, 6.45) is 7.10. The van der Waals surface area contributed by atoms with Crippen molar-refractivity contribution in [2.75, 3.05) is 6.54 Å². The van der Waals surface area contributed by atoms with Gasteiger partial charge in [0.25, 0.3) is 11.6 Å². The Labute approximate surface area is 130 Å². The fraction of sp³-hybridized carbons (Fsp3) is 0.588. The van der Waals surface area contributed by atoms with Gasteiger partial charge >= 0.3 is 0 Å². The van der Waals surface area contributed by atoms with Crippen LogP contribution < -0.4 is 0 Å². The minimum absolute atomic E-state index is 0.0367. The number of carbonyl (C=O) groups is 1. The van der Waals surface area contributed by atoms with Crippen molar-refractivity contribution in [1.82, 2.24) is 4.90 Å². The molecule has 1 aromatic rings. The van der Waals surface area contributed by atoms with E-state index in [1.807, 2.05) is 4.90 Å². The number of aryl methyl sites for hydroxylation is 1. The molecular weight excluding hydrogens is 280 g/mol. The molecule has 22 heavy (non-hydrogen) atoms. The average molecular weight is 302 g/mol. The summed E-state index contributed by atoms with van der Waals surface area (Å²) >= 11 is 0. The largest absolute Gasteiger partial charge is 0.335 e. The summed E-state index contributed by atoms with van der Waals surface area (Å²) in [6.45, 7) is 2.50. The first-order valence-electron chi connectivity index (χ1n) is 8.14. The number of nitrogens with zero attached hydrogens (tertiary/aromatic N) is 2. The first-order valence-corrected chi connectivity index (χ1v) is 8.14. The van der Waals surface area contributed by atoms with Gasteiger partial charge in [-0.05, 0) is 50.7 Å². The highest BCUT2D eigenvalue weighted by molar-refractivity contribution is 5.95. The standard InChI is InChI=1S/C17H22N2O3/c1-12-11-14(8-9-15(12)19(21)22)17(20)18-10-4-6-13-5-2-3-7-16(13)18/h8-9,11,13,16H,2-7,10H2,1H3. The molecule has 2 atom stereocenters. The number of likely N-dealkylation sites (tertiary alicyclic amines) is 1. The number of hydrogen-bond acceptors (Lipinski definition) is 3. The smallest absolute Gasteiger partial charge is 0.272 e. The molecule has 0 bridgehead atoms. The van der Waals surface area contributed by atoms with E-state index in [-0.39, 0.29) is 11.6 Å². The quantitative estimate of drug-likeness (QED) is 0.618. The molecule has 2 aliphatic rings. The molecule has 2 fully saturated rings. The van der Waals surface area contributed by atoms with Crippen LogP contribution >= 0.6 is 0 Å². The monoisotopic (exact) mass is 302 g/mol. The number of carbonyl (C=O) groups excluding carboxylic acids is 1. The highest BCUT2D eigenvalue weighted by Gasteiger charge is 2.36. The molecule has 5 heteroatoms. The second-order valence-corrected chi connectivity index (χ2v) is 6.51. The Balaban J connectivity index is 1.83. The minimum Gasteiger partial charge on any atom is -0.335 e. The summed E-state index contributed by atoms with van der Waals surface area (Å²) in [6, 6.07) is 5.07. The van der Waals surface area contributed by atoms with E-state index in [9.17, 15) is 14.9 Å². The third-order valence-corrected chi connectivity index (χ3v) is 5.14. The number of fused-ring (bicyclic) bond motifs is 1. The lowest BCUT2D eigenvalue weighted by molar-refractivity contribution is -0.385. The molecule has 1 aliphatic carbocycles. The molecule has 118 valence electrons. The summed E-state index contributed by atoms with van der Waals surface area (Å²) in [5.41, 5.74) is 1.20. The van der Waals surface area contributed by atoms with Crippen LogP contribution in [0.4, 0.5) is 5.69 Å². The lowest BCUT2D eigenvalue weighted by Gasteiger charge is -2.44. The fourth-order valence-corrected chi connectivity index (χ4v) is 4.04. The maximum absolute atomic E-state index is 12.8. The Morgan fingerprint density at radius 2 is 1.95 bits per heavy atom. The zero-order chi connectivity index (χ0) is 15.7. The van der Waals surface area contributed by atoms with Crippen molar-refractivity contribution >= 4 is 11.6 Å². The Morgan fingerprint density at radius 1 is 1.23 bits per heavy atom. The first kappa shape index (κ1) is 15.0. The van der Waals surface area contributed by atoms with Gasteiger partial charge in [-0.3, -0.25) is 14.9 Å². The van der Waals surface area contributed by atoms with Crippen LogP contribution in [0.2, 0.25) is 0 Å². The van der Waals surface area contributed by atoms with E-state index >= 15 is 0 Å². The summed E-state index contributed by atoms with van der Waals surface area (Å²) in [5.74, 6) is 0.681. The minimum atomic E-state index is -0.401. The molecule has 5 nitrogen and oxygen atoms in total. The van der Waals surface area contributed by atoms with Crippen LogP contribution in [0, 0.1) is 23.0 Å². The molecule has 3 rings (SSSR count). The Morgan fingerprint density at radius 3 is 2.68 bits per heavy atom. The van der Waals surface area contributed by atoms with Crippen LogP contribution in [0.5, 0.6) is 0 Å². The van der Waals surface area contributed by atoms with E-state index in [1.54, 1.807) is 19.1 Å². The summed E-state index contributed by atoms with van der Waals surface area (Å²) in [4.78, 5) is 25.4. The second-order valence-electron chi connectivity index (χ2n) is 6.51. The molecule has 0 N–H and O–H groups in total. The highest BCUT2D eigenvalue weighted by Crippen LogP contribution is 2.36. The Hall–Kier alpha value is -1.91. The van der Waals surface area contributed by atoms with Gasteiger partial charge in [-0.1, -0.05) is 12.8 Å². The van der Waals surface area contributed by atoms with E-state index in [1.165, 1.54) is 31.7 Å². The summed E-state index contributed by atoms with van der Waals surface area (Å²) in [5, 5.41) is 10.9. The van der Waals surface area contributed by atoms with Crippen molar-refractivity contribution < 1.29 is 9.72 Å². The number of benzene rings is 1. The van der Waals surface area contributed by atoms with Gasteiger partial charge in [0.2, 0.25) is 0 Å². The molecule has 0 radical (unpaired) electrons. The first-order chi connectivity index (χ1) is 10.6. The number of amides is 1. The highest BCUT2D eigenvalue weighted by atomic mass is 16.6. The molecule has 1 heterocycles. The van der Waals surface area contributed by atoms with Crippen molar-refractivity contribution in [2.45, 2.75) is 51.5 Å². The maximum Gasteiger partial charge on any atom is 0.272 e. The zero-order valence-electron chi connectivity index (χ0n) is 13.0. The lowest BCUT2D eigenvalue weighted by atomic mass is 9.78. The van der Waals surface area contributed by atoms with Gasteiger partial charge in [0.15, 0.2) is 0 Å². The molecule has 0 aromatic heterocycles. The predicted molar refractivity (Wildman–Crippen MR) is 83.8 cm³/mol. The van der Waals surface area contributed by atoms with E-state index in [0.29, 0.717) is 23.1 Å². The van der Waals surface area contributed by atoms with E-state index in [4.69, 9.17) is 0 Å². The second kappa shape index (κ2) is 6.07. The van der Waals surface area contributed by atoms with Crippen molar-refractivity contribution in [3.05, 3.63) is 39.4 Å². The Bertz CT molecular complexity index is 598. The maximum atomic E-state index is 12.8. The molecule has 1 aliphatic heterocycles. The van der Waals surface area contributed by atoms with Gasteiger partial charge in [-0.15, -0.1) is 0 Å². The van der Waals surface area contributed by atoms with Crippen LogP contribution in [0.25, 0.3) is 0 Å². The predicted octanol–water partition coefficient (Wildman–Crippen LogP) is 3.70. The van der Waals surface area contributed by atoms with Crippen molar-refractivity contribution in [3.63, 3.8) is 0 Å². The van der Waals surface area contributed by atoms with Crippen LogP contribution in [-0.4, -0.2) is 28.3 Å². The lowest BCUT2D eigenvalue weighted by Crippen LogP contribution is -2.49. The normalized spacial score (nSPS) is 24.7. The molecule has 0 spiro atoms. The molecule has 1 aromatic carbocycles. The van der Waals surface area contributed by atoms with E-state index in [0.717, 1.165) is 19.4 Å².